The van der Waals surface area contributed by atoms with Crippen LogP contribution in [0.4, 0.5) is 5.69 Å². The van der Waals surface area contributed by atoms with Gasteiger partial charge in [0.15, 0.2) is 0 Å². The number of amides is 1. The van der Waals surface area contributed by atoms with Gasteiger partial charge in [-0.2, -0.15) is 0 Å². The van der Waals surface area contributed by atoms with E-state index in [0.29, 0.717) is 11.5 Å². The van der Waals surface area contributed by atoms with Gasteiger partial charge in [-0.05, 0) is 48.0 Å². The lowest BCUT2D eigenvalue weighted by molar-refractivity contribution is -0.115. The van der Waals surface area contributed by atoms with Crippen LogP contribution >= 0.6 is 11.6 Å². The van der Waals surface area contributed by atoms with Crippen molar-refractivity contribution in [2.45, 2.75) is 0 Å². The van der Waals surface area contributed by atoms with E-state index in [0.717, 1.165) is 11.4 Å². The van der Waals surface area contributed by atoms with E-state index in [1.165, 1.54) is 6.07 Å². The molecule has 0 aromatic heterocycles. The first-order valence-corrected chi connectivity index (χ1v) is 7.44. The van der Waals surface area contributed by atoms with Crippen LogP contribution in [0, 0.1) is 0 Å². The Labute approximate surface area is 143 Å². The number of halogens is 1. The molecule has 1 aliphatic heterocycles. The molecule has 2 aromatic rings. The molecule has 24 heavy (non-hydrogen) atoms. The Bertz CT molecular complexity index is 845. The number of phenols is 1. The minimum atomic E-state index is -0.324. The Morgan fingerprint density at radius 1 is 1.25 bits per heavy atom. The number of aliphatic imine (C=N–C) groups is 1. The summed E-state index contributed by atoms with van der Waals surface area (Å²) in [6, 6.07) is 11.9. The van der Waals surface area contributed by atoms with Gasteiger partial charge in [0, 0.05) is 5.69 Å². The van der Waals surface area contributed by atoms with Gasteiger partial charge in [-0.25, -0.2) is 4.99 Å². The highest BCUT2D eigenvalue weighted by Crippen LogP contribution is 2.25. The van der Waals surface area contributed by atoms with Crippen LogP contribution < -0.4 is 15.4 Å². The first kappa shape index (κ1) is 15.9. The average molecular weight is 344 g/mol. The van der Waals surface area contributed by atoms with E-state index in [-0.39, 0.29) is 22.4 Å². The molecule has 0 bridgehead atoms. The van der Waals surface area contributed by atoms with Crippen molar-refractivity contribution >= 4 is 35.2 Å². The van der Waals surface area contributed by atoms with Gasteiger partial charge < -0.3 is 15.2 Å². The molecule has 7 heteroatoms. The van der Waals surface area contributed by atoms with Gasteiger partial charge in [0.2, 0.25) is 5.96 Å². The molecular formula is C17H14ClN3O3. The summed E-state index contributed by atoms with van der Waals surface area (Å²) in [5.41, 5.74) is 1.67. The number of phenolic OH excluding ortho intramolecular Hbond substituents is 1. The molecule has 1 amide bonds. The minimum absolute atomic E-state index is 0.0138. The van der Waals surface area contributed by atoms with Crippen molar-refractivity contribution in [1.29, 1.82) is 0 Å². The number of carbonyl (C=O) groups is 1. The number of methoxy groups -OCH3 is 1. The van der Waals surface area contributed by atoms with Crippen molar-refractivity contribution in [3.05, 3.63) is 58.7 Å². The van der Waals surface area contributed by atoms with Gasteiger partial charge in [0.1, 0.15) is 17.2 Å². The summed E-state index contributed by atoms with van der Waals surface area (Å²) in [5.74, 6) is 0.735. The molecule has 0 radical (unpaired) electrons. The van der Waals surface area contributed by atoms with Crippen molar-refractivity contribution in [2.75, 3.05) is 12.4 Å². The molecule has 0 saturated carbocycles. The molecule has 3 rings (SSSR count). The van der Waals surface area contributed by atoms with Crippen molar-refractivity contribution in [3.8, 4) is 11.5 Å². The molecule has 2 aromatic carbocycles. The number of guanidine groups is 1. The van der Waals surface area contributed by atoms with E-state index in [4.69, 9.17) is 16.3 Å². The van der Waals surface area contributed by atoms with E-state index >= 15 is 0 Å². The second-order valence-corrected chi connectivity index (χ2v) is 5.42. The zero-order valence-corrected chi connectivity index (χ0v) is 13.5. The van der Waals surface area contributed by atoms with Gasteiger partial charge in [0.05, 0.1) is 12.1 Å². The quantitative estimate of drug-likeness (QED) is 0.748. The number of aromatic hydroxyl groups is 1. The summed E-state index contributed by atoms with van der Waals surface area (Å²) in [6.07, 6.45) is 1.59. The Morgan fingerprint density at radius 3 is 2.67 bits per heavy atom. The van der Waals surface area contributed by atoms with Gasteiger partial charge in [-0.1, -0.05) is 17.7 Å². The number of ether oxygens (including phenoxy) is 1. The molecule has 0 aliphatic carbocycles. The van der Waals surface area contributed by atoms with Crippen LogP contribution in [-0.4, -0.2) is 24.1 Å². The normalized spacial score (nSPS) is 15.2. The van der Waals surface area contributed by atoms with Gasteiger partial charge in [-0.3, -0.25) is 10.1 Å². The number of nitrogens with zero attached hydrogens (tertiary/aromatic N) is 1. The van der Waals surface area contributed by atoms with E-state index in [2.05, 4.69) is 15.6 Å². The lowest BCUT2D eigenvalue weighted by atomic mass is 10.2. The number of hydrogen-bond acceptors (Lipinski definition) is 5. The van der Waals surface area contributed by atoms with E-state index in [9.17, 15) is 9.90 Å². The summed E-state index contributed by atoms with van der Waals surface area (Å²) in [6.45, 7) is 0. The fraction of sp³-hybridized carbons (Fsp3) is 0.0588. The predicted molar refractivity (Wildman–Crippen MR) is 93.3 cm³/mol. The minimum Gasteiger partial charge on any atom is -0.506 e. The number of anilines is 1. The fourth-order valence-electron chi connectivity index (χ4n) is 2.11. The first-order chi connectivity index (χ1) is 11.5. The third-order valence-electron chi connectivity index (χ3n) is 3.32. The van der Waals surface area contributed by atoms with Crippen LogP contribution in [0.3, 0.4) is 0 Å². The topological polar surface area (TPSA) is 82.9 Å². The SMILES string of the molecule is COc1ccc(NC2=NC(=Cc3ccc(O)c(Cl)c3)C(=O)N2)cc1. The van der Waals surface area contributed by atoms with Crippen LogP contribution in [0.25, 0.3) is 6.08 Å². The predicted octanol–water partition coefficient (Wildman–Crippen LogP) is 2.99. The monoisotopic (exact) mass is 343 g/mol. The van der Waals surface area contributed by atoms with Gasteiger partial charge >= 0.3 is 0 Å². The van der Waals surface area contributed by atoms with Crippen LogP contribution in [0.15, 0.2) is 53.2 Å². The third-order valence-corrected chi connectivity index (χ3v) is 3.63. The van der Waals surface area contributed by atoms with Crippen LogP contribution in [0.5, 0.6) is 11.5 Å². The Hall–Kier alpha value is -2.99. The zero-order valence-electron chi connectivity index (χ0n) is 12.7. The summed E-state index contributed by atoms with van der Waals surface area (Å²) in [7, 11) is 1.59. The highest BCUT2D eigenvalue weighted by atomic mass is 35.5. The Kier molecular flexibility index (Phi) is 4.39. The maximum atomic E-state index is 12.0. The smallest absolute Gasteiger partial charge is 0.276 e. The molecule has 6 nitrogen and oxygen atoms in total. The summed E-state index contributed by atoms with van der Waals surface area (Å²) >= 11 is 5.86. The third kappa shape index (κ3) is 3.49. The van der Waals surface area contributed by atoms with Crippen LogP contribution in [0.1, 0.15) is 5.56 Å². The number of hydrogen-bond donors (Lipinski definition) is 3. The molecule has 0 unspecified atom stereocenters. The fourth-order valence-corrected chi connectivity index (χ4v) is 2.30. The maximum absolute atomic E-state index is 12.0. The van der Waals surface area contributed by atoms with Gasteiger partial charge in [-0.15, -0.1) is 0 Å². The standard InChI is InChI=1S/C17H14ClN3O3/c1-24-12-5-3-11(4-6-12)19-17-20-14(16(23)21-17)9-10-2-7-15(22)13(18)8-10/h2-9,22H,1H3,(H2,19,20,21,23). The molecule has 122 valence electrons. The molecule has 0 atom stereocenters. The van der Waals surface area contributed by atoms with Crippen molar-refractivity contribution in [3.63, 3.8) is 0 Å². The van der Waals surface area contributed by atoms with Crippen LogP contribution in [0.2, 0.25) is 5.02 Å². The van der Waals surface area contributed by atoms with Crippen molar-refractivity contribution in [2.24, 2.45) is 4.99 Å². The largest absolute Gasteiger partial charge is 0.506 e. The summed E-state index contributed by atoms with van der Waals surface area (Å²) < 4.78 is 5.09. The molecule has 1 heterocycles. The van der Waals surface area contributed by atoms with E-state index in [1.807, 2.05) is 12.1 Å². The second-order valence-electron chi connectivity index (χ2n) is 5.01. The molecule has 1 aliphatic rings. The van der Waals surface area contributed by atoms with Crippen LogP contribution in [-0.2, 0) is 4.79 Å². The van der Waals surface area contributed by atoms with E-state index < -0.39 is 0 Å². The lowest BCUT2D eigenvalue weighted by Gasteiger charge is -2.06. The Morgan fingerprint density at radius 2 is 2.00 bits per heavy atom. The average Bonchev–Trinajstić information content (AvgIpc) is 2.91. The molecule has 3 N–H and O–H groups in total. The molecule has 0 saturated heterocycles. The van der Waals surface area contributed by atoms with E-state index in [1.54, 1.807) is 37.5 Å². The first-order valence-electron chi connectivity index (χ1n) is 7.06. The zero-order chi connectivity index (χ0) is 17.1. The molecular weight excluding hydrogens is 330 g/mol. The number of nitrogens with one attached hydrogen (secondary N) is 2. The lowest BCUT2D eigenvalue weighted by Crippen LogP contribution is -2.29. The highest BCUT2D eigenvalue weighted by molar-refractivity contribution is 6.32. The molecule has 0 fully saturated rings. The Balaban J connectivity index is 1.78. The summed E-state index contributed by atoms with van der Waals surface area (Å²) in [4.78, 5) is 16.2. The second kappa shape index (κ2) is 6.64. The number of rotatable bonds is 3. The highest BCUT2D eigenvalue weighted by Gasteiger charge is 2.20. The van der Waals surface area contributed by atoms with Gasteiger partial charge in [0.25, 0.3) is 5.91 Å². The number of carbonyl (C=O) groups excluding carboxylic acids is 1. The maximum Gasteiger partial charge on any atom is 0.276 e. The molecule has 0 spiro atoms. The van der Waals surface area contributed by atoms with Crippen molar-refractivity contribution in [1.82, 2.24) is 5.32 Å². The summed E-state index contributed by atoms with van der Waals surface area (Å²) in [5, 5.41) is 15.3. The number of benzene rings is 2. The van der Waals surface area contributed by atoms with Crippen molar-refractivity contribution < 1.29 is 14.6 Å².